The van der Waals surface area contributed by atoms with Crippen molar-refractivity contribution in [2.24, 2.45) is 0 Å². The maximum atomic E-state index is 6.05. The highest BCUT2D eigenvalue weighted by molar-refractivity contribution is 5.74. The second-order valence-corrected chi connectivity index (χ2v) is 6.06. The first-order valence-electron chi connectivity index (χ1n) is 6.81. The summed E-state index contributed by atoms with van der Waals surface area (Å²) < 4.78 is 6.05. The highest BCUT2D eigenvalue weighted by atomic mass is 16.5. The van der Waals surface area contributed by atoms with E-state index < -0.39 is 0 Å². The number of allylic oxidation sites excluding steroid dienone is 1. The lowest BCUT2D eigenvalue weighted by Gasteiger charge is -2.18. The quantitative estimate of drug-likeness (QED) is 0.765. The van der Waals surface area contributed by atoms with Crippen LogP contribution in [0.5, 0.6) is 0 Å². The predicted molar refractivity (Wildman–Crippen MR) is 75.3 cm³/mol. The molecular weight excluding hydrogens is 222 g/mol. The minimum Gasteiger partial charge on any atom is -0.399 e. The molecule has 1 saturated heterocycles. The third-order valence-electron chi connectivity index (χ3n) is 4.03. The van der Waals surface area contributed by atoms with Crippen LogP contribution in [0.25, 0.3) is 5.57 Å². The molecule has 1 heterocycles. The maximum Gasteiger partial charge on any atom is 0.0770 e. The van der Waals surface area contributed by atoms with E-state index in [4.69, 9.17) is 10.5 Å². The molecule has 1 unspecified atom stereocenters. The highest BCUT2D eigenvalue weighted by Crippen LogP contribution is 2.37. The van der Waals surface area contributed by atoms with Crippen molar-refractivity contribution in [3.63, 3.8) is 0 Å². The number of hydrogen-bond acceptors (Lipinski definition) is 2. The lowest BCUT2D eigenvalue weighted by atomic mass is 10.0. The molecule has 1 fully saturated rings. The number of hydrogen-bond donors (Lipinski definition) is 1. The number of rotatable bonds is 1. The van der Waals surface area contributed by atoms with Gasteiger partial charge < -0.3 is 10.5 Å². The summed E-state index contributed by atoms with van der Waals surface area (Å²) in [5.74, 6) is 0. The average Bonchev–Trinajstić information content (AvgIpc) is 2.83. The van der Waals surface area contributed by atoms with E-state index in [0.717, 1.165) is 31.4 Å². The second kappa shape index (κ2) is 4.13. The van der Waals surface area contributed by atoms with E-state index in [0.29, 0.717) is 6.10 Å². The van der Waals surface area contributed by atoms with Crippen LogP contribution < -0.4 is 5.73 Å². The molecule has 0 spiro atoms. The van der Waals surface area contributed by atoms with Crippen molar-refractivity contribution in [2.45, 2.75) is 51.2 Å². The van der Waals surface area contributed by atoms with Crippen LogP contribution in [0.1, 0.15) is 44.2 Å². The molecule has 0 radical (unpaired) electrons. The van der Waals surface area contributed by atoms with Crippen molar-refractivity contribution in [1.82, 2.24) is 0 Å². The molecule has 1 atom stereocenters. The first kappa shape index (κ1) is 11.8. The van der Waals surface area contributed by atoms with E-state index >= 15 is 0 Å². The molecule has 2 heteroatoms. The fourth-order valence-electron chi connectivity index (χ4n) is 3.07. The zero-order valence-electron chi connectivity index (χ0n) is 11.2. The third-order valence-corrected chi connectivity index (χ3v) is 4.03. The van der Waals surface area contributed by atoms with Crippen molar-refractivity contribution in [3.8, 4) is 0 Å². The van der Waals surface area contributed by atoms with E-state index in [1.54, 1.807) is 0 Å². The van der Waals surface area contributed by atoms with Crippen LogP contribution in [0.15, 0.2) is 24.3 Å². The number of benzene rings is 1. The van der Waals surface area contributed by atoms with E-state index in [9.17, 15) is 0 Å². The number of fused-ring (bicyclic) bond motifs is 1. The van der Waals surface area contributed by atoms with Gasteiger partial charge in [0.2, 0.25) is 0 Å². The summed E-state index contributed by atoms with van der Waals surface area (Å²) in [7, 11) is 0. The van der Waals surface area contributed by atoms with Gasteiger partial charge in [-0.3, -0.25) is 0 Å². The smallest absolute Gasteiger partial charge is 0.0770 e. The summed E-state index contributed by atoms with van der Waals surface area (Å²) >= 11 is 0. The van der Waals surface area contributed by atoms with Crippen molar-refractivity contribution >= 4 is 11.3 Å². The van der Waals surface area contributed by atoms with Crippen LogP contribution in [0.2, 0.25) is 0 Å². The average molecular weight is 243 g/mol. The van der Waals surface area contributed by atoms with Crippen LogP contribution >= 0.6 is 0 Å². The molecule has 2 aliphatic rings. The van der Waals surface area contributed by atoms with Gasteiger partial charge in [-0.1, -0.05) is 12.1 Å². The lowest BCUT2D eigenvalue weighted by Crippen LogP contribution is -2.19. The zero-order chi connectivity index (χ0) is 12.8. The third kappa shape index (κ3) is 2.17. The Kier molecular flexibility index (Phi) is 2.70. The van der Waals surface area contributed by atoms with Crippen LogP contribution in [0, 0.1) is 0 Å². The minimum atomic E-state index is 0.0459. The van der Waals surface area contributed by atoms with E-state index in [-0.39, 0.29) is 5.60 Å². The summed E-state index contributed by atoms with van der Waals surface area (Å²) in [4.78, 5) is 0. The van der Waals surface area contributed by atoms with Crippen LogP contribution in [0.4, 0.5) is 5.69 Å². The molecule has 3 rings (SSSR count). The number of aryl methyl sites for hydroxylation is 1. The molecule has 0 amide bonds. The van der Waals surface area contributed by atoms with Crippen LogP contribution in [0.3, 0.4) is 0 Å². The minimum absolute atomic E-state index is 0.0459. The van der Waals surface area contributed by atoms with Crippen molar-refractivity contribution in [1.29, 1.82) is 0 Å². The second-order valence-electron chi connectivity index (χ2n) is 6.06. The Hall–Kier alpha value is -1.28. The van der Waals surface area contributed by atoms with Crippen molar-refractivity contribution < 1.29 is 4.74 Å². The summed E-state index contributed by atoms with van der Waals surface area (Å²) in [5.41, 5.74) is 10.9. The Balaban J connectivity index is 1.84. The molecule has 1 aromatic carbocycles. The SMILES string of the molecule is CC1(C)CCC(/C=C2/CCc3cc(N)ccc32)O1. The Morgan fingerprint density at radius 1 is 1.33 bits per heavy atom. The molecule has 2 nitrogen and oxygen atoms in total. The highest BCUT2D eigenvalue weighted by Gasteiger charge is 2.31. The van der Waals surface area contributed by atoms with Gasteiger partial charge in [0.1, 0.15) is 0 Å². The first-order valence-corrected chi connectivity index (χ1v) is 6.81. The van der Waals surface area contributed by atoms with E-state index in [2.05, 4.69) is 32.1 Å². The molecular formula is C16H21NO. The molecule has 0 aromatic heterocycles. The summed E-state index contributed by atoms with van der Waals surface area (Å²) in [6.07, 6.45) is 7.15. The van der Waals surface area contributed by atoms with E-state index in [1.807, 2.05) is 6.07 Å². The first-order chi connectivity index (χ1) is 8.53. The fourth-order valence-corrected chi connectivity index (χ4v) is 3.07. The molecule has 1 aliphatic heterocycles. The summed E-state index contributed by atoms with van der Waals surface area (Å²) in [6, 6.07) is 6.26. The zero-order valence-corrected chi connectivity index (χ0v) is 11.2. The van der Waals surface area contributed by atoms with Gasteiger partial charge in [0.15, 0.2) is 0 Å². The Labute approximate surface area is 109 Å². The summed E-state index contributed by atoms with van der Waals surface area (Å²) in [5, 5.41) is 0. The lowest BCUT2D eigenvalue weighted by molar-refractivity contribution is 0.00536. The largest absolute Gasteiger partial charge is 0.399 e. The standard InChI is InChI=1S/C16H21NO/c1-16(2)8-7-14(18-16)10-12-4-3-11-9-13(17)5-6-15(11)12/h5-6,9-10,14H,3-4,7-8,17H2,1-2H3/b12-10-. The van der Waals surface area contributed by atoms with Gasteiger partial charge in [0, 0.05) is 5.69 Å². The van der Waals surface area contributed by atoms with Crippen LogP contribution in [-0.4, -0.2) is 11.7 Å². The number of nitrogens with two attached hydrogens (primary N) is 1. The monoisotopic (exact) mass is 243 g/mol. The molecule has 18 heavy (non-hydrogen) atoms. The maximum absolute atomic E-state index is 6.05. The molecule has 1 aliphatic carbocycles. The molecule has 0 bridgehead atoms. The van der Waals surface area contributed by atoms with Gasteiger partial charge in [-0.2, -0.15) is 0 Å². The van der Waals surface area contributed by atoms with Gasteiger partial charge in [0.25, 0.3) is 0 Å². The van der Waals surface area contributed by atoms with Gasteiger partial charge in [-0.15, -0.1) is 0 Å². The molecule has 0 saturated carbocycles. The molecule has 96 valence electrons. The Morgan fingerprint density at radius 2 is 2.17 bits per heavy atom. The van der Waals surface area contributed by atoms with Crippen molar-refractivity contribution in [3.05, 3.63) is 35.4 Å². The predicted octanol–water partition coefficient (Wildman–Crippen LogP) is 3.56. The molecule has 2 N–H and O–H groups in total. The van der Waals surface area contributed by atoms with Gasteiger partial charge in [-0.25, -0.2) is 0 Å². The van der Waals surface area contributed by atoms with Crippen molar-refractivity contribution in [2.75, 3.05) is 5.73 Å². The molecule has 1 aromatic rings. The Bertz CT molecular complexity index is 502. The van der Waals surface area contributed by atoms with E-state index in [1.165, 1.54) is 16.7 Å². The van der Waals surface area contributed by atoms with Gasteiger partial charge in [0.05, 0.1) is 11.7 Å². The number of anilines is 1. The summed E-state index contributed by atoms with van der Waals surface area (Å²) in [6.45, 7) is 4.35. The topological polar surface area (TPSA) is 35.2 Å². The Morgan fingerprint density at radius 3 is 2.89 bits per heavy atom. The van der Waals surface area contributed by atoms with Gasteiger partial charge in [-0.05, 0) is 68.4 Å². The van der Waals surface area contributed by atoms with Crippen LogP contribution in [-0.2, 0) is 11.2 Å². The number of ether oxygens (including phenoxy) is 1. The number of nitrogen functional groups attached to an aromatic ring is 1. The normalized spacial score (nSPS) is 27.7. The fraction of sp³-hybridized carbons (Fsp3) is 0.500. The van der Waals surface area contributed by atoms with Gasteiger partial charge >= 0.3 is 0 Å².